The van der Waals surface area contributed by atoms with Crippen LogP contribution >= 0.6 is 0 Å². The van der Waals surface area contributed by atoms with Crippen LogP contribution in [0.25, 0.3) is 0 Å². The standard InChI is InChI=1S/C11H15N3O5S/c1-12-9-4-3-8(7-10(9)14(16)17)11(15)13-5-6-20(2,18)19/h3-4,7,12H,5-6H2,1-2H3,(H,13,15). The van der Waals surface area contributed by atoms with Gasteiger partial charge in [-0.2, -0.15) is 0 Å². The molecule has 0 fully saturated rings. The maximum absolute atomic E-state index is 11.8. The highest BCUT2D eigenvalue weighted by atomic mass is 32.2. The summed E-state index contributed by atoms with van der Waals surface area (Å²) in [5, 5.41) is 15.9. The maximum atomic E-state index is 11.8. The zero-order valence-corrected chi connectivity index (χ0v) is 11.9. The second-order valence-corrected chi connectivity index (χ2v) is 6.38. The van der Waals surface area contributed by atoms with E-state index in [-0.39, 0.29) is 23.5 Å². The quantitative estimate of drug-likeness (QED) is 0.580. The highest BCUT2D eigenvalue weighted by Crippen LogP contribution is 2.24. The van der Waals surface area contributed by atoms with Crippen molar-refractivity contribution in [2.75, 3.05) is 30.9 Å². The molecular weight excluding hydrogens is 286 g/mol. The van der Waals surface area contributed by atoms with Crippen LogP contribution in [0.5, 0.6) is 0 Å². The molecule has 0 aromatic heterocycles. The lowest BCUT2D eigenvalue weighted by atomic mass is 10.1. The summed E-state index contributed by atoms with van der Waals surface area (Å²) in [5.41, 5.74) is 0.176. The molecule has 1 rings (SSSR count). The monoisotopic (exact) mass is 301 g/mol. The number of amides is 1. The second-order valence-electron chi connectivity index (χ2n) is 4.12. The predicted octanol–water partition coefficient (Wildman–Crippen LogP) is 0.411. The van der Waals surface area contributed by atoms with Crippen molar-refractivity contribution in [2.45, 2.75) is 0 Å². The maximum Gasteiger partial charge on any atom is 0.293 e. The molecule has 0 saturated heterocycles. The lowest BCUT2D eigenvalue weighted by molar-refractivity contribution is -0.384. The third-order valence-electron chi connectivity index (χ3n) is 2.48. The molecule has 0 saturated carbocycles. The van der Waals surface area contributed by atoms with Crippen LogP contribution in [0.1, 0.15) is 10.4 Å². The van der Waals surface area contributed by atoms with Crippen LogP contribution in [0.15, 0.2) is 18.2 Å². The van der Waals surface area contributed by atoms with Crippen molar-refractivity contribution in [1.29, 1.82) is 0 Å². The molecule has 0 aliphatic rings. The molecule has 0 bridgehead atoms. The highest BCUT2D eigenvalue weighted by Gasteiger charge is 2.16. The van der Waals surface area contributed by atoms with E-state index in [4.69, 9.17) is 0 Å². The summed E-state index contributed by atoms with van der Waals surface area (Å²) in [5.74, 6) is -0.741. The Bertz CT molecular complexity index is 627. The lowest BCUT2D eigenvalue weighted by Gasteiger charge is -2.06. The van der Waals surface area contributed by atoms with Gasteiger partial charge in [0.05, 0.1) is 10.7 Å². The van der Waals surface area contributed by atoms with E-state index < -0.39 is 20.7 Å². The van der Waals surface area contributed by atoms with Gasteiger partial charge in [-0.1, -0.05) is 0 Å². The van der Waals surface area contributed by atoms with Crippen LogP contribution in [-0.4, -0.2) is 44.8 Å². The number of hydrogen-bond acceptors (Lipinski definition) is 6. The van der Waals surface area contributed by atoms with Gasteiger partial charge in [-0.3, -0.25) is 14.9 Å². The summed E-state index contributed by atoms with van der Waals surface area (Å²) >= 11 is 0. The van der Waals surface area contributed by atoms with Crippen molar-refractivity contribution in [3.63, 3.8) is 0 Å². The van der Waals surface area contributed by atoms with Crippen LogP contribution in [0.3, 0.4) is 0 Å². The van der Waals surface area contributed by atoms with Crippen LogP contribution in [-0.2, 0) is 9.84 Å². The first-order chi connectivity index (χ1) is 9.24. The number of carbonyl (C=O) groups is 1. The summed E-state index contributed by atoms with van der Waals surface area (Å²) in [7, 11) is -1.63. The summed E-state index contributed by atoms with van der Waals surface area (Å²) < 4.78 is 21.9. The average Bonchev–Trinajstić information content (AvgIpc) is 2.36. The molecular formula is C11H15N3O5S. The van der Waals surface area contributed by atoms with Crippen molar-refractivity contribution < 1.29 is 18.1 Å². The summed E-state index contributed by atoms with van der Waals surface area (Å²) in [6.45, 7) is -0.0424. The van der Waals surface area contributed by atoms with Crippen LogP contribution in [0, 0.1) is 10.1 Å². The summed E-state index contributed by atoms with van der Waals surface area (Å²) in [6, 6.07) is 3.99. The molecule has 1 amide bonds. The highest BCUT2D eigenvalue weighted by molar-refractivity contribution is 7.90. The fraction of sp³-hybridized carbons (Fsp3) is 0.364. The van der Waals surface area contributed by atoms with Gasteiger partial charge in [0.15, 0.2) is 0 Å². The molecule has 0 atom stereocenters. The number of nitrogens with one attached hydrogen (secondary N) is 2. The Kier molecular flexibility index (Phi) is 5.03. The van der Waals surface area contributed by atoms with E-state index in [0.717, 1.165) is 12.3 Å². The minimum absolute atomic E-state index is 0.0424. The van der Waals surface area contributed by atoms with Crippen molar-refractivity contribution in [2.24, 2.45) is 0 Å². The van der Waals surface area contributed by atoms with Gasteiger partial charge in [0.25, 0.3) is 11.6 Å². The third kappa shape index (κ3) is 4.50. The minimum atomic E-state index is -3.17. The number of sulfone groups is 1. The SMILES string of the molecule is CNc1ccc(C(=O)NCCS(C)(=O)=O)cc1[N+](=O)[O-]. The largest absolute Gasteiger partial charge is 0.383 e. The summed E-state index contributed by atoms with van der Waals surface area (Å²) in [6.07, 6.45) is 1.06. The smallest absolute Gasteiger partial charge is 0.293 e. The molecule has 9 heteroatoms. The van der Waals surface area contributed by atoms with Crippen molar-refractivity contribution in [1.82, 2.24) is 5.32 Å². The molecule has 0 aliphatic carbocycles. The fourth-order valence-corrected chi connectivity index (χ4v) is 1.96. The zero-order valence-electron chi connectivity index (χ0n) is 11.0. The Morgan fingerprint density at radius 2 is 2.05 bits per heavy atom. The third-order valence-corrected chi connectivity index (χ3v) is 3.43. The molecule has 1 aromatic carbocycles. The van der Waals surface area contributed by atoms with Gasteiger partial charge in [0.1, 0.15) is 15.5 Å². The first-order valence-electron chi connectivity index (χ1n) is 5.66. The lowest BCUT2D eigenvalue weighted by Crippen LogP contribution is -2.28. The number of rotatable bonds is 6. The van der Waals surface area contributed by atoms with Crippen LogP contribution in [0.4, 0.5) is 11.4 Å². The fourth-order valence-electron chi connectivity index (χ4n) is 1.49. The number of carbonyl (C=O) groups excluding carboxylic acids is 1. The van der Waals surface area contributed by atoms with Crippen molar-refractivity contribution in [3.05, 3.63) is 33.9 Å². The van der Waals surface area contributed by atoms with E-state index in [1.54, 1.807) is 0 Å². The first kappa shape index (κ1) is 15.9. The summed E-state index contributed by atoms with van der Waals surface area (Å²) in [4.78, 5) is 22.0. The Morgan fingerprint density at radius 3 is 2.55 bits per heavy atom. The molecule has 0 spiro atoms. The number of nitro groups is 1. The topological polar surface area (TPSA) is 118 Å². The second kappa shape index (κ2) is 6.33. The number of anilines is 1. The van der Waals surface area contributed by atoms with Gasteiger partial charge in [-0.05, 0) is 12.1 Å². The number of nitrogens with zero attached hydrogens (tertiary/aromatic N) is 1. The molecule has 110 valence electrons. The van der Waals surface area contributed by atoms with E-state index >= 15 is 0 Å². The van der Waals surface area contributed by atoms with Gasteiger partial charge >= 0.3 is 0 Å². The van der Waals surface area contributed by atoms with E-state index in [1.165, 1.54) is 19.2 Å². The molecule has 0 aliphatic heterocycles. The average molecular weight is 301 g/mol. The Balaban J connectivity index is 2.84. The molecule has 8 nitrogen and oxygen atoms in total. The van der Waals surface area contributed by atoms with Crippen molar-refractivity contribution >= 4 is 27.1 Å². The van der Waals surface area contributed by atoms with Crippen molar-refractivity contribution in [3.8, 4) is 0 Å². The molecule has 0 heterocycles. The molecule has 2 N–H and O–H groups in total. The van der Waals surface area contributed by atoms with Gasteiger partial charge in [-0.25, -0.2) is 8.42 Å². The molecule has 1 aromatic rings. The van der Waals surface area contributed by atoms with Gasteiger partial charge in [0, 0.05) is 31.5 Å². The Hall–Kier alpha value is -2.16. The van der Waals surface area contributed by atoms with E-state index in [2.05, 4.69) is 10.6 Å². The Morgan fingerprint density at radius 1 is 1.40 bits per heavy atom. The first-order valence-corrected chi connectivity index (χ1v) is 7.73. The number of nitro benzene ring substituents is 1. The van der Waals surface area contributed by atoms with E-state index in [1.807, 2.05) is 0 Å². The van der Waals surface area contributed by atoms with Crippen LogP contribution < -0.4 is 10.6 Å². The van der Waals surface area contributed by atoms with Crippen LogP contribution in [0.2, 0.25) is 0 Å². The number of benzene rings is 1. The van der Waals surface area contributed by atoms with Gasteiger partial charge < -0.3 is 10.6 Å². The minimum Gasteiger partial charge on any atom is -0.383 e. The molecule has 20 heavy (non-hydrogen) atoms. The van der Waals surface area contributed by atoms with E-state index in [9.17, 15) is 23.3 Å². The molecule has 0 unspecified atom stereocenters. The number of hydrogen-bond donors (Lipinski definition) is 2. The van der Waals surface area contributed by atoms with Gasteiger partial charge in [0.2, 0.25) is 0 Å². The van der Waals surface area contributed by atoms with Gasteiger partial charge in [-0.15, -0.1) is 0 Å². The Labute approximate surface area is 116 Å². The predicted molar refractivity (Wildman–Crippen MR) is 74.7 cm³/mol. The zero-order chi connectivity index (χ0) is 15.3. The normalized spacial score (nSPS) is 10.9. The van der Waals surface area contributed by atoms with E-state index in [0.29, 0.717) is 5.69 Å². The molecule has 0 radical (unpaired) electrons.